The van der Waals surface area contributed by atoms with Gasteiger partial charge in [-0.25, -0.2) is 0 Å². The summed E-state index contributed by atoms with van der Waals surface area (Å²) in [4.78, 5) is 11.4. The molecular weight excluding hydrogens is 256 g/mol. The van der Waals surface area contributed by atoms with Gasteiger partial charge in [0.05, 0.1) is 24.7 Å². The minimum Gasteiger partial charge on any atom is -0.466 e. The maximum Gasteiger partial charge on any atom is 0.387 e. The third kappa shape index (κ3) is 4.21. The second-order valence-corrected chi connectivity index (χ2v) is 3.75. The third-order valence-corrected chi connectivity index (χ3v) is 2.38. The van der Waals surface area contributed by atoms with Gasteiger partial charge < -0.3 is 9.47 Å². The van der Waals surface area contributed by atoms with Crippen LogP contribution < -0.4 is 4.74 Å². The summed E-state index contributed by atoms with van der Waals surface area (Å²) in [7, 11) is 0. The van der Waals surface area contributed by atoms with Crippen molar-refractivity contribution in [1.29, 1.82) is 5.26 Å². The highest BCUT2D eigenvalue weighted by atomic mass is 19.3. The number of halogens is 2. The van der Waals surface area contributed by atoms with Gasteiger partial charge in [0.2, 0.25) is 0 Å². The van der Waals surface area contributed by atoms with Gasteiger partial charge in [-0.05, 0) is 25.5 Å². The molecule has 0 aliphatic rings. The van der Waals surface area contributed by atoms with Crippen molar-refractivity contribution in [2.75, 3.05) is 6.61 Å². The average Bonchev–Trinajstić information content (AvgIpc) is 2.32. The van der Waals surface area contributed by atoms with Crippen LogP contribution in [0.1, 0.15) is 23.6 Å². The van der Waals surface area contributed by atoms with Crippen LogP contribution in [-0.2, 0) is 16.0 Å². The lowest BCUT2D eigenvalue weighted by molar-refractivity contribution is -0.142. The monoisotopic (exact) mass is 269 g/mol. The van der Waals surface area contributed by atoms with Crippen molar-refractivity contribution in [3.63, 3.8) is 0 Å². The number of ether oxygens (including phenoxy) is 2. The molecule has 19 heavy (non-hydrogen) atoms. The predicted molar refractivity (Wildman–Crippen MR) is 62.9 cm³/mol. The van der Waals surface area contributed by atoms with E-state index in [1.54, 1.807) is 13.8 Å². The lowest BCUT2D eigenvalue weighted by atomic mass is 10.0. The van der Waals surface area contributed by atoms with Gasteiger partial charge in [0.1, 0.15) is 5.75 Å². The molecule has 4 nitrogen and oxygen atoms in total. The van der Waals surface area contributed by atoms with E-state index in [-0.39, 0.29) is 29.9 Å². The molecule has 0 heterocycles. The summed E-state index contributed by atoms with van der Waals surface area (Å²) < 4.78 is 33.7. The molecular formula is C13H13F2NO3. The lowest BCUT2D eigenvalue weighted by Gasteiger charge is -2.12. The summed E-state index contributed by atoms with van der Waals surface area (Å²) in [5.41, 5.74) is 1.09. The van der Waals surface area contributed by atoms with Gasteiger partial charge in [-0.3, -0.25) is 4.79 Å². The lowest BCUT2D eigenvalue weighted by Crippen LogP contribution is -2.11. The van der Waals surface area contributed by atoms with Crippen LogP contribution in [0, 0.1) is 18.3 Å². The van der Waals surface area contributed by atoms with Crippen molar-refractivity contribution in [3.05, 3.63) is 28.8 Å². The minimum absolute atomic E-state index is 0.176. The largest absolute Gasteiger partial charge is 0.466 e. The Bertz CT molecular complexity index is 509. The SMILES string of the molecule is CCOC(=O)Cc1cc(C)c(C#N)cc1OC(F)F. The number of carbonyl (C=O) groups is 1. The first-order valence-electron chi connectivity index (χ1n) is 5.62. The molecule has 1 aromatic carbocycles. The highest BCUT2D eigenvalue weighted by molar-refractivity contribution is 5.74. The molecule has 0 N–H and O–H groups in total. The molecule has 0 radical (unpaired) electrons. The Morgan fingerprint density at radius 1 is 1.47 bits per heavy atom. The highest BCUT2D eigenvalue weighted by Gasteiger charge is 2.16. The van der Waals surface area contributed by atoms with Gasteiger partial charge in [-0.1, -0.05) is 6.07 Å². The standard InChI is InChI=1S/C13H13F2NO3/c1-3-18-12(17)6-9-4-8(2)10(7-16)5-11(9)19-13(14)15/h4-5,13H,3,6H2,1-2H3. The normalized spacial score (nSPS) is 10.1. The van der Waals surface area contributed by atoms with Crippen molar-refractivity contribution < 1.29 is 23.0 Å². The van der Waals surface area contributed by atoms with E-state index in [2.05, 4.69) is 4.74 Å². The van der Waals surface area contributed by atoms with Crippen molar-refractivity contribution >= 4 is 5.97 Å². The van der Waals surface area contributed by atoms with Gasteiger partial charge in [0.25, 0.3) is 0 Å². The number of rotatable bonds is 5. The first-order chi connectivity index (χ1) is 8.97. The van der Waals surface area contributed by atoms with Crippen LogP contribution in [0.15, 0.2) is 12.1 Å². The molecule has 0 bridgehead atoms. The fourth-order valence-electron chi connectivity index (χ4n) is 1.58. The number of hydrogen-bond acceptors (Lipinski definition) is 4. The molecule has 102 valence electrons. The molecule has 0 atom stereocenters. The maximum atomic E-state index is 12.3. The molecule has 0 amide bonds. The Hall–Kier alpha value is -2.16. The van der Waals surface area contributed by atoms with E-state index in [1.165, 1.54) is 12.1 Å². The first-order valence-corrected chi connectivity index (χ1v) is 5.62. The number of hydrogen-bond donors (Lipinski definition) is 0. The van der Waals surface area contributed by atoms with Crippen molar-refractivity contribution in [2.24, 2.45) is 0 Å². The maximum absolute atomic E-state index is 12.3. The number of esters is 1. The van der Waals surface area contributed by atoms with Crippen LogP contribution in [0.2, 0.25) is 0 Å². The molecule has 6 heteroatoms. The molecule has 0 fully saturated rings. The number of nitrogens with zero attached hydrogens (tertiary/aromatic N) is 1. The minimum atomic E-state index is -3.02. The zero-order chi connectivity index (χ0) is 14.4. The summed E-state index contributed by atoms with van der Waals surface area (Å²) in [5.74, 6) is -0.712. The van der Waals surface area contributed by atoms with E-state index in [0.29, 0.717) is 5.56 Å². The Balaban J connectivity index is 3.10. The average molecular weight is 269 g/mol. The third-order valence-electron chi connectivity index (χ3n) is 2.38. The van der Waals surface area contributed by atoms with E-state index in [4.69, 9.17) is 10.00 Å². The van der Waals surface area contributed by atoms with Gasteiger partial charge in [-0.2, -0.15) is 14.0 Å². The second-order valence-electron chi connectivity index (χ2n) is 3.75. The Morgan fingerprint density at radius 3 is 2.68 bits per heavy atom. The molecule has 0 saturated heterocycles. The topological polar surface area (TPSA) is 59.3 Å². The Morgan fingerprint density at radius 2 is 2.16 bits per heavy atom. The molecule has 0 unspecified atom stereocenters. The van der Waals surface area contributed by atoms with Crippen molar-refractivity contribution in [1.82, 2.24) is 0 Å². The fraction of sp³-hybridized carbons (Fsp3) is 0.385. The van der Waals surface area contributed by atoms with Crippen molar-refractivity contribution in [3.8, 4) is 11.8 Å². The Labute approximate surface area is 109 Å². The quantitative estimate of drug-likeness (QED) is 0.771. The molecule has 0 spiro atoms. The second kappa shape index (κ2) is 6.69. The Kier molecular flexibility index (Phi) is 5.24. The molecule has 0 aromatic heterocycles. The first kappa shape index (κ1) is 14.9. The summed E-state index contributed by atoms with van der Waals surface area (Å²) in [6.45, 7) is 0.493. The van der Waals surface area contributed by atoms with E-state index < -0.39 is 12.6 Å². The van der Waals surface area contributed by atoms with E-state index in [0.717, 1.165) is 0 Å². The zero-order valence-electron chi connectivity index (χ0n) is 10.6. The van der Waals surface area contributed by atoms with Crippen LogP contribution in [0.5, 0.6) is 5.75 Å². The van der Waals surface area contributed by atoms with Gasteiger partial charge >= 0.3 is 12.6 Å². The van der Waals surface area contributed by atoms with E-state index in [9.17, 15) is 13.6 Å². The molecule has 0 aliphatic carbocycles. The molecule has 1 rings (SSSR count). The number of aryl methyl sites for hydroxylation is 1. The summed E-state index contributed by atoms with van der Waals surface area (Å²) in [6, 6.07) is 4.56. The zero-order valence-corrected chi connectivity index (χ0v) is 10.6. The van der Waals surface area contributed by atoms with Crippen LogP contribution in [-0.4, -0.2) is 19.2 Å². The van der Waals surface area contributed by atoms with Crippen LogP contribution >= 0.6 is 0 Å². The number of carbonyl (C=O) groups excluding carboxylic acids is 1. The summed E-state index contributed by atoms with van der Waals surface area (Å²) in [5, 5.41) is 8.85. The van der Waals surface area contributed by atoms with Crippen LogP contribution in [0.3, 0.4) is 0 Å². The fourth-order valence-corrected chi connectivity index (χ4v) is 1.58. The van der Waals surface area contributed by atoms with Gasteiger partial charge in [0, 0.05) is 5.56 Å². The number of nitriles is 1. The summed E-state index contributed by atoms with van der Waals surface area (Å²) >= 11 is 0. The summed E-state index contributed by atoms with van der Waals surface area (Å²) in [6.07, 6.45) is -0.178. The number of benzene rings is 1. The number of alkyl halides is 2. The van der Waals surface area contributed by atoms with Gasteiger partial charge in [0.15, 0.2) is 0 Å². The van der Waals surface area contributed by atoms with E-state index in [1.807, 2.05) is 6.07 Å². The van der Waals surface area contributed by atoms with E-state index >= 15 is 0 Å². The van der Waals surface area contributed by atoms with Crippen LogP contribution in [0.4, 0.5) is 8.78 Å². The molecule has 0 aliphatic heterocycles. The predicted octanol–water partition coefficient (Wildman–Crippen LogP) is 2.57. The van der Waals surface area contributed by atoms with Crippen LogP contribution in [0.25, 0.3) is 0 Å². The highest BCUT2D eigenvalue weighted by Crippen LogP contribution is 2.25. The molecule has 0 saturated carbocycles. The smallest absolute Gasteiger partial charge is 0.387 e. The van der Waals surface area contributed by atoms with Gasteiger partial charge in [-0.15, -0.1) is 0 Å². The molecule has 1 aromatic rings. The van der Waals surface area contributed by atoms with Crippen molar-refractivity contribution in [2.45, 2.75) is 26.9 Å².